The molecule has 3 nitrogen and oxygen atoms in total. The lowest BCUT2D eigenvalue weighted by atomic mass is 10.1. The van der Waals surface area contributed by atoms with Crippen LogP contribution in [0, 0.1) is 20.8 Å². The van der Waals surface area contributed by atoms with Crippen LogP contribution in [-0.2, 0) is 6.54 Å². The van der Waals surface area contributed by atoms with Crippen molar-refractivity contribution >= 4 is 0 Å². The summed E-state index contributed by atoms with van der Waals surface area (Å²) in [6, 6.07) is 4.37. The monoisotopic (exact) mass is 215 g/mol. The average Bonchev–Trinajstić information content (AvgIpc) is 2.64. The lowest BCUT2D eigenvalue weighted by molar-refractivity contribution is 1.01. The van der Waals surface area contributed by atoms with E-state index in [0.29, 0.717) is 6.54 Å². The van der Waals surface area contributed by atoms with Crippen LogP contribution in [0.15, 0.2) is 24.7 Å². The first kappa shape index (κ1) is 10.9. The van der Waals surface area contributed by atoms with Gasteiger partial charge in [0.25, 0.3) is 0 Å². The molecule has 0 spiro atoms. The number of hydrogen-bond donors (Lipinski definition) is 1. The van der Waals surface area contributed by atoms with Crippen LogP contribution in [0.5, 0.6) is 0 Å². The third kappa shape index (κ3) is 1.86. The fraction of sp³-hybridized carbons (Fsp3) is 0.308. The molecule has 1 aromatic carbocycles. The molecule has 3 heteroatoms. The Kier molecular flexibility index (Phi) is 2.79. The summed E-state index contributed by atoms with van der Waals surface area (Å²) in [7, 11) is 0. The van der Waals surface area contributed by atoms with E-state index in [1.54, 1.807) is 0 Å². The second-order valence-electron chi connectivity index (χ2n) is 4.22. The van der Waals surface area contributed by atoms with Gasteiger partial charge in [-0.1, -0.05) is 17.7 Å². The van der Waals surface area contributed by atoms with E-state index in [-0.39, 0.29) is 0 Å². The van der Waals surface area contributed by atoms with Crippen LogP contribution >= 0.6 is 0 Å². The van der Waals surface area contributed by atoms with Crippen molar-refractivity contribution in [3.8, 4) is 5.69 Å². The molecule has 0 saturated heterocycles. The molecule has 84 valence electrons. The molecule has 2 aromatic rings. The summed E-state index contributed by atoms with van der Waals surface area (Å²) < 4.78 is 2.05. The third-order valence-corrected chi connectivity index (χ3v) is 2.74. The molecule has 0 atom stereocenters. The van der Waals surface area contributed by atoms with Crippen LogP contribution < -0.4 is 5.73 Å². The van der Waals surface area contributed by atoms with Gasteiger partial charge in [-0.2, -0.15) is 0 Å². The van der Waals surface area contributed by atoms with E-state index in [1.807, 2.05) is 17.1 Å². The van der Waals surface area contributed by atoms with E-state index in [2.05, 4.69) is 37.9 Å². The molecule has 0 radical (unpaired) electrons. The number of benzene rings is 1. The smallest absolute Gasteiger partial charge is 0.0995 e. The summed E-state index contributed by atoms with van der Waals surface area (Å²) >= 11 is 0. The molecule has 0 fully saturated rings. The van der Waals surface area contributed by atoms with Crippen molar-refractivity contribution in [2.45, 2.75) is 27.3 Å². The van der Waals surface area contributed by atoms with Gasteiger partial charge in [0.15, 0.2) is 0 Å². The summed E-state index contributed by atoms with van der Waals surface area (Å²) in [6.45, 7) is 6.84. The second kappa shape index (κ2) is 4.10. The van der Waals surface area contributed by atoms with E-state index >= 15 is 0 Å². The average molecular weight is 215 g/mol. The predicted molar refractivity (Wildman–Crippen MR) is 65.7 cm³/mol. The number of nitrogens with two attached hydrogens (primary N) is 1. The Morgan fingerprint density at radius 3 is 2.31 bits per heavy atom. The normalized spacial score (nSPS) is 10.8. The number of rotatable bonds is 2. The minimum atomic E-state index is 0.483. The van der Waals surface area contributed by atoms with Gasteiger partial charge in [-0.15, -0.1) is 0 Å². The maximum absolute atomic E-state index is 5.57. The van der Waals surface area contributed by atoms with Gasteiger partial charge < -0.3 is 10.3 Å². The van der Waals surface area contributed by atoms with Crippen molar-refractivity contribution in [2.24, 2.45) is 5.73 Å². The van der Waals surface area contributed by atoms with Crippen LogP contribution in [-0.4, -0.2) is 9.55 Å². The molecule has 2 N–H and O–H groups in total. The molecule has 0 unspecified atom stereocenters. The van der Waals surface area contributed by atoms with Crippen molar-refractivity contribution in [3.63, 3.8) is 0 Å². The summed E-state index contributed by atoms with van der Waals surface area (Å²) in [6.07, 6.45) is 3.82. The van der Waals surface area contributed by atoms with E-state index in [9.17, 15) is 0 Å². The van der Waals surface area contributed by atoms with Crippen molar-refractivity contribution in [1.29, 1.82) is 0 Å². The van der Waals surface area contributed by atoms with E-state index in [0.717, 1.165) is 5.69 Å². The zero-order valence-corrected chi connectivity index (χ0v) is 9.99. The van der Waals surface area contributed by atoms with Gasteiger partial charge in [-0.25, -0.2) is 4.98 Å². The molecule has 1 aromatic heterocycles. The fourth-order valence-electron chi connectivity index (χ4n) is 2.17. The fourth-order valence-corrected chi connectivity index (χ4v) is 2.17. The number of imidazole rings is 1. The minimum Gasteiger partial charge on any atom is -0.325 e. The molecule has 0 amide bonds. The topological polar surface area (TPSA) is 43.8 Å². The van der Waals surface area contributed by atoms with Crippen LogP contribution in [0.2, 0.25) is 0 Å². The Labute approximate surface area is 95.9 Å². The van der Waals surface area contributed by atoms with E-state index in [4.69, 9.17) is 5.73 Å². The third-order valence-electron chi connectivity index (χ3n) is 2.74. The maximum Gasteiger partial charge on any atom is 0.0995 e. The Morgan fingerprint density at radius 2 is 1.81 bits per heavy atom. The molecular formula is C13H17N3. The minimum absolute atomic E-state index is 0.483. The standard InChI is InChI=1S/C13H17N3/c1-9-4-10(2)13(11(3)5-9)16-7-12(6-14)15-8-16/h4-5,7-8H,6,14H2,1-3H3. The van der Waals surface area contributed by atoms with Gasteiger partial charge in [-0.3, -0.25) is 0 Å². The van der Waals surface area contributed by atoms with Gasteiger partial charge in [-0.05, 0) is 31.9 Å². The van der Waals surface area contributed by atoms with Crippen molar-refractivity contribution in [3.05, 3.63) is 47.0 Å². The Morgan fingerprint density at radius 1 is 1.19 bits per heavy atom. The molecular weight excluding hydrogens is 198 g/mol. The second-order valence-corrected chi connectivity index (χ2v) is 4.22. The molecule has 0 aliphatic carbocycles. The van der Waals surface area contributed by atoms with Crippen LogP contribution in [0.1, 0.15) is 22.4 Å². The van der Waals surface area contributed by atoms with E-state index < -0.39 is 0 Å². The van der Waals surface area contributed by atoms with Crippen LogP contribution in [0.3, 0.4) is 0 Å². The molecule has 0 bridgehead atoms. The van der Waals surface area contributed by atoms with Crippen LogP contribution in [0.25, 0.3) is 5.69 Å². The van der Waals surface area contributed by atoms with Gasteiger partial charge in [0, 0.05) is 12.7 Å². The first-order valence-corrected chi connectivity index (χ1v) is 5.43. The zero-order valence-electron chi connectivity index (χ0n) is 9.99. The Balaban J connectivity index is 2.55. The van der Waals surface area contributed by atoms with Crippen LogP contribution in [0.4, 0.5) is 0 Å². The summed E-state index contributed by atoms with van der Waals surface area (Å²) in [5.41, 5.74) is 11.5. The molecule has 2 rings (SSSR count). The lowest BCUT2D eigenvalue weighted by Gasteiger charge is -2.11. The highest BCUT2D eigenvalue weighted by atomic mass is 15.0. The first-order chi connectivity index (χ1) is 7.61. The van der Waals surface area contributed by atoms with Crippen molar-refractivity contribution in [2.75, 3.05) is 0 Å². The largest absolute Gasteiger partial charge is 0.325 e. The Hall–Kier alpha value is -1.61. The highest BCUT2D eigenvalue weighted by molar-refractivity contribution is 5.49. The van der Waals surface area contributed by atoms with E-state index in [1.165, 1.54) is 22.4 Å². The number of hydrogen-bond acceptors (Lipinski definition) is 2. The predicted octanol–water partition coefficient (Wildman–Crippen LogP) is 2.26. The van der Waals surface area contributed by atoms with Gasteiger partial charge >= 0.3 is 0 Å². The van der Waals surface area contributed by atoms with Crippen molar-refractivity contribution in [1.82, 2.24) is 9.55 Å². The van der Waals surface area contributed by atoms with Gasteiger partial charge in [0.1, 0.15) is 0 Å². The maximum atomic E-state index is 5.57. The summed E-state index contributed by atoms with van der Waals surface area (Å²) in [5.74, 6) is 0. The summed E-state index contributed by atoms with van der Waals surface area (Å²) in [4.78, 5) is 4.25. The zero-order chi connectivity index (χ0) is 11.7. The molecule has 16 heavy (non-hydrogen) atoms. The SMILES string of the molecule is Cc1cc(C)c(-n2cnc(CN)c2)c(C)c1. The number of aromatic nitrogens is 2. The highest BCUT2D eigenvalue weighted by Crippen LogP contribution is 2.20. The lowest BCUT2D eigenvalue weighted by Crippen LogP contribution is -1.99. The molecule has 0 aliphatic heterocycles. The van der Waals surface area contributed by atoms with Gasteiger partial charge in [0.05, 0.1) is 17.7 Å². The number of nitrogens with zero attached hydrogens (tertiary/aromatic N) is 2. The quantitative estimate of drug-likeness (QED) is 0.835. The molecule has 0 saturated carbocycles. The summed E-state index contributed by atoms with van der Waals surface area (Å²) in [5, 5.41) is 0. The Bertz CT molecular complexity index is 489. The van der Waals surface area contributed by atoms with Crippen molar-refractivity contribution < 1.29 is 0 Å². The molecule has 1 heterocycles. The number of aryl methyl sites for hydroxylation is 3. The van der Waals surface area contributed by atoms with Gasteiger partial charge in [0.2, 0.25) is 0 Å². The highest BCUT2D eigenvalue weighted by Gasteiger charge is 2.06. The molecule has 0 aliphatic rings. The first-order valence-electron chi connectivity index (χ1n) is 5.43.